The number of hydrogen-bond acceptors (Lipinski definition) is 3. The number of benzene rings is 1. The zero-order valence-corrected chi connectivity index (χ0v) is 14.4. The molecule has 2 aromatic rings. The largest absolute Gasteiger partial charge is 0.392 e. The van der Waals surface area contributed by atoms with Crippen molar-refractivity contribution in [3.63, 3.8) is 0 Å². The zero-order chi connectivity index (χ0) is 18.7. The summed E-state index contributed by atoms with van der Waals surface area (Å²) in [5.41, 5.74) is 1.63. The van der Waals surface area contributed by atoms with E-state index < -0.39 is 23.9 Å². The van der Waals surface area contributed by atoms with Crippen LogP contribution in [0.5, 0.6) is 0 Å². The van der Waals surface area contributed by atoms with Gasteiger partial charge in [0.2, 0.25) is 5.91 Å². The maximum absolute atomic E-state index is 13.2. The van der Waals surface area contributed by atoms with E-state index in [2.05, 4.69) is 15.6 Å². The maximum atomic E-state index is 13.2. The minimum absolute atomic E-state index is 0.0303. The quantitative estimate of drug-likeness (QED) is 0.895. The van der Waals surface area contributed by atoms with Crippen molar-refractivity contribution in [1.29, 1.82) is 0 Å². The molecule has 1 unspecified atom stereocenters. The summed E-state index contributed by atoms with van der Waals surface area (Å²) in [6.07, 6.45) is 0.444. The lowest BCUT2D eigenvalue weighted by Gasteiger charge is -2.32. The Balaban J connectivity index is 1.66. The lowest BCUT2D eigenvalue weighted by atomic mass is 9.78. The summed E-state index contributed by atoms with van der Waals surface area (Å²) in [6, 6.07) is 6.93. The van der Waals surface area contributed by atoms with Crippen molar-refractivity contribution in [2.24, 2.45) is 11.8 Å². The van der Waals surface area contributed by atoms with Crippen molar-refractivity contribution in [2.75, 3.05) is 0 Å². The van der Waals surface area contributed by atoms with Crippen LogP contribution in [0.15, 0.2) is 36.7 Å². The Bertz CT molecular complexity index is 728. The Kier molecular flexibility index (Phi) is 5.29. The van der Waals surface area contributed by atoms with E-state index in [-0.39, 0.29) is 18.9 Å². The summed E-state index contributed by atoms with van der Waals surface area (Å²) in [6.45, 7) is 1.77. The van der Waals surface area contributed by atoms with Gasteiger partial charge in [-0.15, -0.1) is 5.10 Å². The summed E-state index contributed by atoms with van der Waals surface area (Å²) in [7, 11) is 0. The van der Waals surface area contributed by atoms with Gasteiger partial charge in [-0.25, -0.2) is 4.68 Å². The number of halogens is 3. The van der Waals surface area contributed by atoms with E-state index in [1.807, 2.05) is 24.3 Å². The molecule has 1 aromatic heterocycles. The molecule has 3 atom stereocenters. The van der Waals surface area contributed by atoms with Gasteiger partial charge in [0.05, 0.1) is 30.0 Å². The first-order valence-corrected chi connectivity index (χ1v) is 8.70. The molecule has 0 bridgehead atoms. The monoisotopic (exact) mass is 366 g/mol. The van der Waals surface area contributed by atoms with Crippen LogP contribution in [-0.4, -0.2) is 27.1 Å². The van der Waals surface area contributed by atoms with E-state index >= 15 is 0 Å². The summed E-state index contributed by atoms with van der Waals surface area (Å²) in [5.74, 6) is -3.06. The molecule has 26 heavy (non-hydrogen) atoms. The molecule has 3 rings (SSSR count). The fourth-order valence-corrected chi connectivity index (χ4v) is 3.50. The molecule has 1 aliphatic rings. The molecule has 1 fully saturated rings. The van der Waals surface area contributed by atoms with E-state index in [1.165, 1.54) is 0 Å². The average Bonchev–Trinajstić information content (AvgIpc) is 3.15. The van der Waals surface area contributed by atoms with Gasteiger partial charge in [0.25, 0.3) is 0 Å². The summed E-state index contributed by atoms with van der Waals surface area (Å²) >= 11 is 0. The molecular weight excluding hydrogens is 345 g/mol. The van der Waals surface area contributed by atoms with Gasteiger partial charge in [-0.3, -0.25) is 4.79 Å². The Labute approximate surface area is 149 Å². The Morgan fingerprint density at radius 2 is 1.92 bits per heavy atom. The third-order valence-electron chi connectivity index (χ3n) is 4.96. The molecule has 1 aromatic carbocycles. The molecule has 1 N–H and O–H groups in total. The smallest absolute Gasteiger partial charge is 0.349 e. The molecule has 0 aliphatic heterocycles. The lowest BCUT2D eigenvalue weighted by molar-refractivity contribution is -0.198. The third-order valence-corrected chi connectivity index (χ3v) is 4.96. The van der Waals surface area contributed by atoms with Crippen LogP contribution in [0.4, 0.5) is 13.2 Å². The number of rotatable bonds is 4. The molecule has 1 amide bonds. The zero-order valence-electron chi connectivity index (χ0n) is 14.4. The second kappa shape index (κ2) is 7.47. The number of aromatic nitrogens is 3. The molecule has 140 valence electrons. The number of nitrogens with one attached hydrogen (secondary N) is 1. The number of nitrogens with zero attached hydrogens (tertiary/aromatic N) is 3. The molecule has 8 heteroatoms. The van der Waals surface area contributed by atoms with E-state index in [0.717, 1.165) is 11.3 Å². The Morgan fingerprint density at radius 1 is 1.23 bits per heavy atom. The molecule has 0 saturated heterocycles. The second-order valence-electron chi connectivity index (χ2n) is 6.71. The predicted molar refractivity (Wildman–Crippen MR) is 89.4 cm³/mol. The van der Waals surface area contributed by atoms with Gasteiger partial charge in [0.15, 0.2) is 0 Å². The van der Waals surface area contributed by atoms with E-state index in [0.29, 0.717) is 12.8 Å². The van der Waals surface area contributed by atoms with Crippen molar-refractivity contribution >= 4 is 5.91 Å². The van der Waals surface area contributed by atoms with Gasteiger partial charge in [-0.2, -0.15) is 13.2 Å². The standard InChI is InChI=1S/C18H21F3N4O/c1-12(13-6-8-14(9-7-13)25-11-10-22-24-25)23-17(26)15-4-2-3-5-16(15)18(19,20)21/h6-12,15-16H,2-5H2,1H3,(H,23,26)/t12?,15-,16-/m1/s1. The normalized spacial score (nSPS) is 22.0. The molecule has 1 aliphatic carbocycles. The molecule has 0 radical (unpaired) electrons. The molecule has 5 nitrogen and oxygen atoms in total. The highest BCUT2D eigenvalue weighted by Crippen LogP contribution is 2.41. The minimum Gasteiger partial charge on any atom is -0.349 e. The van der Waals surface area contributed by atoms with Gasteiger partial charge in [-0.1, -0.05) is 30.2 Å². The van der Waals surface area contributed by atoms with Crippen molar-refractivity contribution in [3.05, 3.63) is 42.2 Å². The highest BCUT2D eigenvalue weighted by atomic mass is 19.4. The first kappa shape index (κ1) is 18.4. The lowest BCUT2D eigenvalue weighted by Crippen LogP contribution is -2.43. The van der Waals surface area contributed by atoms with Gasteiger partial charge in [0, 0.05) is 5.92 Å². The number of hydrogen-bond donors (Lipinski definition) is 1. The van der Waals surface area contributed by atoms with Crippen LogP contribution in [0.1, 0.15) is 44.2 Å². The number of carbonyl (C=O) groups excluding carboxylic acids is 1. The average molecular weight is 366 g/mol. The Morgan fingerprint density at radius 3 is 2.54 bits per heavy atom. The van der Waals surface area contributed by atoms with Crippen LogP contribution in [-0.2, 0) is 4.79 Å². The summed E-state index contributed by atoms with van der Waals surface area (Å²) < 4.78 is 41.2. The van der Waals surface area contributed by atoms with Crippen LogP contribution < -0.4 is 5.32 Å². The van der Waals surface area contributed by atoms with E-state index in [4.69, 9.17) is 0 Å². The highest BCUT2D eigenvalue weighted by molar-refractivity contribution is 5.79. The van der Waals surface area contributed by atoms with Crippen LogP contribution in [0.3, 0.4) is 0 Å². The predicted octanol–water partition coefficient (Wildman–Crippen LogP) is 3.81. The van der Waals surface area contributed by atoms with E-state index in [9.17, 15) is 18.0 Å². The van der Waals surface area contributed by atoms with Crippen molar-refractivity contribution in [2.45, 2.75) is 44.8 Å². The van der Waals surface area contributed by atoms with Crippen molar-refractivity contribution in [3.8, 4) is 5.69 Å². The number of carbonyl (C=O) groups is 1. The van der Waals surface area contributed by atoms with Gasteiger partial charge < -0.3 is 5.32 Å². The van der Waals surface area contributed by atoms with Crippen LogP contribution in [0.25, 0.3) is 5.69 Å². The van der Waals surface area contributed by atoms with Crippen LogP contribution in [0.2, 0.25) is 0 Å². The minimum atomic E-state index is -4.33. The molecule has 1 saturated carbocycles. The molecule has 1 heterocycles. The second-order valence-corrected chi connectivity index (χ2v) is 6.71. The highest BCUT2D eigenvalue weighted by Gasteiger charge is 2.48. The fraction of sp³-hybridized carbons (Fsp3) is 0.500. The Hall–Kier alpha value is -2.38. The van der Waals surface area contributed by atoms with Crippen molar-refractivity contribution < 1.29 is 18.0 Å². The van der Waals surface area contributed by atoms with Gasteiger partial charge in [-0.05, 0) is 37.5 Å². The number of amides is 1. The van der Waals surface area contributed by atoms with Gasteiger partial charge in [0.1, 0.15) is 0 Å². The summed E-state index contributed by atoms with van der Waals surface area (Å²) in [4.78, 5) is 12.5. The topological polar surface area (TPSA) is 59.8 Å². The first-order chi connectivity index (χ1) is 12.4. The molecular formula is C18H21F3N4O. The maximum Gasteiger partial charge on any atom is 0.392 e. The van der Waals surface area contributed by atoms with Crippen LogP contribution in [0, 0.1) is 11.8 Å². The third kappa shape index (κ3) is 4.05. The molecule has 0 spiro atoms. The first-order valence-electron chi connectivity index (χ1n) is 8.70. The fourth-order valence-electron chi connectivity index (χ4n) is 3.50. The van der Waals surface area contributed by atoms with Crippen molar-refractivity contribution in [1.82, 2.24) is 20.3 Å². The van der Waals surface area contributed by atoms with Crippen LogP contribution >= 0.6 is 0 Å². The van der Waals surface area contributed by atoms with E-state index in [1.54, 1.807) is 24.0 Å². The van der Waals surface area contributed by atoms with Gasteiger partial charge >= 0.3 is 6.18 Å². The summed E-state index contributed by atoms with van der Waals surface area (Å²) in [5, 5.41) is 10.4. The SMILES string of the molecule is CC(NC(=O)[C@@H]1CCCC[C@H]1C(F)(F)F)c1ccc(-n2ccnn2)cc1. The number of alkyl halides is 3.